The molecule has 0 saturated heterocycles. The molecular weight excluding hydrogens is 254 g/mol. The van der Waals surface area contributed by atoms with Crippen molar-refractivity contribution in [2.24, 2.45) is 0 Å². The summed E-state index contributed by atoms with van der Waals surface area (Å²) in [5, 5.41) is 9.53. The van der Waals surface area contributed by atoms with Crippen LogP contribution in [0, 0.1) is 10.1 Å². The lowest BCUT2D eigenvalue weighted by Crippen LogP contribution is -2.23. The molecule has 0 aliphatic heterocycles. The maximum absolute atomic E-state index is 11.0. The van der Waals surface area contributed by atoms with E-state index < -0.39 is 14.8 Å². The third-order valence-electron chi connectivity index (χ3n) is 2.28. The molecule has 1 aromatic carbocycles. The summed E-state index contributed by atoms with van der Waals surface area (Å²) in [5.41, 5.74) is 0.137. The molecule has 5 nitrogen and oxygen atoms in total. The van der Waals surface area contributed by atoms with Gasteiger partial charge in [-0.05, 0) is 27.7 Å². The van der Waals surface area contributed by atoms with Gasteiger partial charge in [0.05, 0.1) is 15.4 Å². The van der Waals surface area contributed by atoms with Crippen molar-refractivity contribution < 1.29 is 13.3 Å². The monoisotopic (exact) mass is 273 g/mol. The van der Waals surface area contributed by atoms with Gasteiger partial charge >= 0.3 is 0 Å². The van der Waals surface area contributed by atoms with Crippen LogP contribution in [0.15, 0.2) is 30.3 Å². The summed E-state index contributed by atoms with van der Waals surface area (Å²) in [5.74, 6) is 0. The van der Waals surface area contributed by atoms with Crippen LogP contribution in [-0.4, -0.2) is 23.8 Å². The van der Waals surface area contributed by atoms with E-state index in [9.17, 15) is 18.5 Å². The Balaban J connectivity index is 0.000000321. The van der Waals surface area contributed by atoms with Crippen LogP contribution in [0.25, 0.3) is 0 Å². The van der Waals surface area contributed by atoms with E-state index in [-0.39, 0.29) is 16.2 Å². The largest absolute Gasteiger partial charge is 0.269 e. The molecule has 0 N–H and O–H groups in total. The summed E-state index contributed by atoms with van der Waals surface area (Å²) >= 11 is 0. The van der Waals surface area contributed by atoms with Crippen molar-refractivity contribution >= 4 is 15.5 Å². The SMILES string of the molecule is CC(C)S(=O)(=O)C(C)C.O=[N+]([O-])c1ccccc1. The lowest BCUT2D eigenvalue weighted by molar-refractivity contribution is -0.384. The minimum Gasteiger partial charge on any atom is -0.258 e. The normalized spacial score (nSPS) is 11.0. The quantitative estimate of drug-likeness (QED) is 0.626. The fraction of sp³-hybridized carbons (Fsp3) is 0.500. The van der Waals surface area contributed by atoms with E-state index in [1.807, 2.05) is 0 Å². The van der Waals surface area contributed by atoms with Crippen LogP contribution in [0.4, 0.5) is 5.69 Å². The Kier molecular flexibility index (Phi) is 6.54. The first kappa shape index (κ1) is 16.6. The average Bonchev–Trinajstić information content (AvgIpc) is 2.30. The molecule has 0 aliphatic rings. The summed E-state index contributed by atoms with van der Waals surface area (Å²) in [6.45, 7) is 6.81. The van der Waals surface area contributed by atoms with Gasteiger partial charge < -0.3 is 0 Å². The first-order valence-corrected chi connectivity index (χ1v) is 7.22. The molecular formula is C12H19NO4S. The van der Waals surface area contributed by atoms with Crippen molar-refractivity contribution in [1.82, 2.24) is 0 Å². The fourth-order valence-electron chi connectivity index (χ4n) is 1.09. The number of nitro groups is 1. The van der Waals surface area contributed by atoms with Gasteiger partial charge in [-0.15, -0.1) is 0 Å². The van der Waals surface area contributed by atoms with Crippen LogP contribution >= 0.6 is 0 Å². The summed E-state index contributed by atoms with van der Waals surface area (Å²) in [7, 11) is -2.81. The van der Waals surface area contributed by atoms with Crippen LogP contribution in [0.2, 0.25) is 0 Å². The zero-order valence-corrected chi connectivity index (χ0v) is 11.8. The van der Waals surface area contributed by atoms with Crippen molar-refractivity contribution in [3.63, 3.8) is 0 Å². The molecule has 0 radical (unpaired) electrons. The van der Waals surface area contributed by atoms with Crippen molar-refractivity contribution in [2.75, 3.05) is 0 Å². The van der Waals surface area contributed by atoms with Crippen molar-refractivity contribution in [3.8, 4) is 0 Å². The summed E-state index contributed by atoms with van der Waals surface area (Å²) in [6, 6.07) is 7.93. The number of benzene rings is 1. The Morgan fingerprint density at radius 3 is 1.56 bits per heavy atom. The van der Waals surface area contributed by atoms with E-state index >= 15 is 0 Å². The Hall–Kier alpha value is -1.43. The van der Waals surface area contributed by atoms with E-state index in [1.54, 1.807) is 45.9 Å². The van der Waals surface area contributed by atoms with Gasteiger partial charge in [0.2, 0.25) is 0 Å². The lowest BCUT2D eigenvalue weighted by atomic mass is 10.3. The first-order chi connectivity index (χ1) is 8.19. The number of hydrogen-bond acceptors (Lipinski definition) is 4. The maximum atomic E-state index is 11.0. The molecule has 0 bridgehead atoms. The second kappa shape index (κ2) is 7.10. The van der Waals surface area contributed by atoms with Gasteiger partial charge in [0, 0.05) is 12.1 Å². The molecule has 6 heteroatoms. The Bertz CT molecular complexity index is 452. The first-order valence-electron chi connectivity index (χ1n) is 5.61. The average molecular weight is 273 g/mol. The molecule has 102 valence electrons. The zero-order chi connectivity index (χ0) is 14.3. The molecule has 18 heavy (non-hydrogen) atoms. The Labute approximate surface area is 108 Å². The molecule has 0 saturated carbocycles. The Morgan fingerprint density at radius 1 is 1.00 bits per heavy atom. The van der Waals surface area contributed by atoms with E-state index in [4.69, 9.17) is 0 Å². The van der Waals surface area contributed by atoms with Crippen LogP contribution in [-0.2, 0) is 9.84 Å². The summed E-state index contributed by atoms with van der Waals surface area (Å²) in [4.78, 5) is 9.59. The summed E-state index contributed by atoms with van der Waals surface area (Å²) in [6.07, 6.45) is 0. The van der Waals surface area contributed by atoms with E-state index in [1.165, 1.54) is 12.1 Å². The van der Waals surface area contributed by atoms with Gasteiger partial charge in [0.25, 0.3) is 5.69 Å². The molecule has 1 aromatic rings. The van der Waals surface area contributed by atoms with Crippen molar-refractivity contribution in [1.29, 1.82) is 0 Å². The number of sulfone groups is 1. The van der Waals surface area contributed by atoms with Crippen LogP contribution in [0.3, 0.4) is 0 Å². The molecule has 0 unspecified atom stereocenters. The topological polar surface area (TPSA) is 77.3 Å². The molecule has 0 aromatic heterocycles. The van der Waals surface area contributed by atoms with Gasteiger partial charge in [0.1, 0.15) is 0 Å². The molecule has 0 aliphatic carbocycles. The lowest BCUT2D eigenvalue weighted by Gasteiger charge is -2.09. The molecule has 0 heterocycles. The second-order valence-corrected chi connectivity index (χ2v) is 7.34. The zero-order valence-electron chi connectivity index (χ0n) is 11.0. The second-order valence-electron chi connectivity index (χ2n) is 4.28. The maximum Gasteiger partial charge on any atom is 0.269 e. The number of non-ortho nitro benzene ring substituents is 1. The number of hydrogen-bond donors (Lipinski definition) is 0. The van der Waals surface area contributed by atoms with Gasteiger partial charge in [-0.3, -0.25) is 10.1 Å². The van der Waals surface area contributed by atoms with Crippen LogP contribution in [0.1, 0.15) is 27.7 Å². The molecule has 1 rings (SSSR count). The summed E-state index contributed by atoms with van der Waals surface area (Å²) < 4.78 is 22.1. The van der Waals surface area contributed by atoms with Crippen molar-refractivity contribution in [2.45, 2.75) is 38.2 Å². The van der Waals surface area contributed by atoms with Crippen LogP contribution in [0.5, 0.6) is 0 Å². The number of rotatable bonds is 3. The number of nitrogens with zero attached hydrogens (tertiary/aromatic N) is 1. The highest BCUT2D eigenvalue weighted by atomic mass is 32.2. The van der Waals surface area contributed by atoms with Gasteiger partial charge in [-0.25, -0.2) is 8.42 Å². The van der Waals surface area contributed by atoms with E-state index in [0.717, 1.165) is 0 Å². The highest BCUT2D eigenvalue weighted by Gasteiger charge is 2.19. The minimum absolute atomic E-state index is 0.137. The highest BCUT2D eigenvalue weighted by molar-refractivity contribution is 7.92. The number of para-hydroxylation sites is 1. The van der Waals surface area contributed by atoms with E-state index in [0.29, 0.717) is 0 Å². The predicted molar refractivity (Wildman–Crippen MR) is 72.3 cm³/mol. The van der Waals surface area contributed by atoms with Gasteiger partial charge in [-0.1, -0.05) is 18.2 Å². The smallest absolute Gasteiger partial charge is 0.258 e. The Morgan fingerprint density at radius 2 is 1.39 bits per heavy atom. The predicted octanol–water partition coefficient (Wildman–Crippen LogP) is 2.81. The van der Waals surface area contributed by atoms with E-state index in [2.05, 4.69) is 0 Å². The van der Waals surface area contributed by atoms with Gasteiger partial charge in [0.15, 0.2) is 9.84 Å². The standard InChI is InChI=1S/C6H5NO2.C6H14O2S/c8-7(9)6-4-2-1-3-5-6;1-5(2)9(7,8)6(3)4/h1-5H;5-6H,1-4H3. The molecule has 0 fully saturated rings. The third-order valence-corrected chi connectivity index (χ3v) is 4.91. The van der Waals surface area contributed by atoms with Gasteiger partial charge in [-0.2, -0.15) is 0 Å². The molecule has 0 amide bonds. The number of nitro benzene ring substituents is 1. The van der Waals surface area contributed by atoms with Crippen molar-refractivity contribution in [3.05, 3.63) is 40.4 Å². The minimum atomic E-state index is -2.81. The van der Waals surface area contributed by atoms with Crippen LogP contribution < -0.4 is 0 Å². The third kappa shape index (κ3) is 5.27. The highest BCUT2D eigenvalue weighted by Crippen LogP contribution is 2.07. The fourth-order valence-corrected chi connectivity index (χ4v) is 2.18. The molecule has 0 atom stereocenters. The molecule has 0 spiro atoms.